The third-order valence-corrected chi connectivity index (χ3v) is 6.35. The van der Waals surface area contributed by atoms with E-state index in [9.17, 15) is 0 Å². The fourth-order valence-electron chi connectivity index (χ4n) is 3.47. The number of aliphatic imine (C=N–C) groups is 1. The SMILES string of the molecule is CCC/C=C(\C)N=C(C)c1cc(C2CCC(C)(C)CC2)sc1C. The van der Waals surface area contributed by atoms with Crippen LogP contribution in [0, 0.1) is 12.3 Å². The Kier molecular flexibility index (Phi) is 6.25. The van der Waals surface area contributed by atoms with E-state index in [-0.39, 0.29) is 0 Å². The van der Waals surface area contributed by atoms with Crippen molar-refractivity contribution in [1.82, 2.24) is 0 Å². The lowest BCUT2D eigenvalue weighted by Gasteiger charge is -2.33. The average Bonchev–Trinajstić information content (AvgIpc) is 2.87. The predicted octanol–water partition coefficient (Wildman–Crippen LogP) is 7.25. The van der Waals surface area contributed by atoms with Gasteiger partial charge in [-0.1, -0.05) is 33.3 Å². The number of hydrogen-bond acceptors (Lipinski definition) is 2. The standard InChI is InChI=1S/C21H33NS/c1-7-8-9-15(2)22-16(3)19-14-20(23-17(19)4)18-10-12-21(5,6)13-11-18/h9,14,18H,7-8,10-13H2,1-6H3/b15-9+,22-16?. The van der Waals surface area contributed by atoms with Crippen molar-refractivity contribution in [2.75, 3.05) is 0 Å². The van der Waals surface area contributed by atoms with Gasteiger partial charge in [0.25, 0.3) is 0 Å². The molecule has 23 heavy (non-hydrogen) atoms. The number of allylic oxidation sites excluding steroid dienone is 2. The summed E-state index contributed by atoms with van der Waals surface area (Å²) in [5.74, 6) is 0.769. The number of rotatable bonds is 5. The minimum Gasteiger partial charge on any atom is -0.258 e. The summed E-state index contributed by atoms with van der Waals surface area (Å²) >= 11 is 1.99. The van der Waals surface area contributed by atoms with Crippen molar-refractivity contribution < 1.29 is 0 Å². The van der Waals surface area contributed by atoms with E-state index in [1.165, 1.54) is 48.3 Å². The Morgan fingerprint density at radius 2 is 1.96 bits per heavy atom. The molecule has 0 saturated heterocycles. The normalized spacial score (nSPS) is 20.1. The van der Waals surface area contributed by atoms with Gasteiger partial charge < -0.3 is 0 Å². The van der Waals surface area contributed by atoms with Gasteiger partial charge in [-0.15, -0.1) is 11.3 Å². The summed E-state index contributed by atoms with van der Waals surface area (Å²) in [5, 5.41) is 0. The van der Waals surface area contributed by atoms with Crippen molar-refractivity contribution in [2.24, 2.45) is 10.4 Å². The first-order valence-corrected chi connectivity index (χ1v) is 9.97. The third-order valence-electron chi connectivity index (χ3n) is 5.14. The van der Waals surface area contributed by atoms with E-state index >= 15 is 0 Å². The number of nitrogens with zero attached hydrogens (tertiary/aromatic N) is 1. The molecule has 0 radical (unpaired) electrons. The smallest absolute Gasteiger partial charge is 0.0459 e. The zero-order valence-electron chi connectivity index (χ0n) is 15.8. The highest BCUT2D eigenvalue weighted by Crippen LogP contribution is 2.44. The maximum Gasteiger partial charge on any atom is 0.0459 e. The van der Waals surface area contributed by atoms with E-state index in [1.807, 2.05) is 11.3 Å². The second-order valence-corrected chi connectivity index (χ2v) is 9.18. The quantitative estimate of drug-likeness (QED) is 0.504. The summed E-state index contributed by atoms with van der Waals surface area (Å²) in [6.07, 6.45) is 9.96. The van der Waals surface area contributed by atoms with E-state index in [2.05, 4.69) is 53.7 Å². The first-order valence-electron chi connectivity index (χ1n) is 9.15. The lowest BCUT2D eigenvalue weighted by atomic mass is 9.73. The van der Waals surface area contributed by atoms with Crippen LogP contribution in [0.1, 0.15) is 94.4 Å². The van der Waals surface area contributed by atoms with Gasteiger partial charge in [0.05, 0.1) is 0 Å². The Labute approximate surface area is 146 Å². The first kappa shape index (κ1) is 18.4. The fraction of sp³-hybridized carbons (Fsp3) is 0.667. The van der Waals surface area contributed by atoms with Crippen LogP contribution in [0.4, 0.5) is 0 Å². The van der Waals surface area contributed by atoms with Crippen LogP contribution in [0.3, 0.4) is 0 Å². The molecule has 1 fully saturated rings. The minimum absolute atomic E-state index is 0.546. The van der Waals surface area contributed by atoms with Crippen LogP contribution in [0.5, 0.6) is 0 Å². The van der Waals surface area contributed by atoms with Crippen LogP contribution in [0.2, 0.25) is 0 Å². The Morgan fingerprint density at radius 3 is 2.57 bits per heavy atom. The summed E-state index contributed by atoms with van der Waals surface area (Å²) in [4.78, 5) is 7.82. The maximum absolute atomic E-state index is 4.81. The van der Waals surface area contributed by atoms with Crippen molar-refractivity contribution in [2.45, 2.75) is 86.0 Å². The molecule has 1 saturated carbocycles. The van der Waals surface area contributed by atoms with Crippen LogP contribution in [0.25, 0.3) is 0 Å². The Morgan fingerprint density at radius 1 is 1.30 bits per heavy atom. The number of aryl methyl sites for hydroxylation is 1. The zero-order valence-corrected chi connectivity index (χ0v) is 16.6. The lowest BCUT2D eigenvalue weighted by molar-refractivity contribution is 0.226. The highest BCUT2D eigenvalue weighted by molar-refractivity contribution is 7.12. The van der Waals surface area contributed by atoms with E-state index in [0.29, 0.717) is 5.41 Å². The van der Waals surface area contributed by atoms with E-state index < -0.39 is 0 Å². The summed E-state index contributed by atoms with van der Waals surface area (Å²) in [6.45, 7) is 13.6. The topological polar surface area (TPSA) is 12.4 Å². The van der Waals surface area contributed by atoms with E-state index in [0.717, 1.165) is 18.0 Å². The largest absolute Gasteiger partial charge is 0.258 e. The van der Waals surface area contributed by atoms with Gasteiger partial charge in [0.15, 0.2) is 0 Å². The van der Waals surface area contributed by atoms with Gasteiger partial charge in [0.2, 0.25) is 0 Å². The molecule has 2 rings (SSSR count). The van der Waals surface area contributed by atoms with Gasteiger partial charge in [0.1, 0.15) is 0 Å². The highest BCUT2D eigenvalue weighted by Gasteiger charge is 2.28. The Balaban J connectivity index is 2.13. The molecule has 0 amide bonds. The molecule has 0 spiro atoms. The molecule has 0 bridgehead atoms. The molecular weight excluding hydrogens is 298 g/mol. The molecule has 1 aliphatic carbocycles. The molecule has 1 nitrogen and oxygen atoms in total. The van der Waals surface area contributed by atoms with Crippen LogP contribution < -0.4 is 0 Å². The summed E-state index contributed by atoms with van der Waals surface area (Å²) in [5.41, 5.74) is 4.23. The highest BCUT2D eigenvalue weighted by atomic mass is 32.1. The van der Waals surface area contributed by atoms with Crippen molar-refractivity contribution in [3.8, 4) is 0 Å². The Hall–Kier alpha value is -0.890. The van der Waals surface area contributed by atoms with Gasteiger partial charge in [-0.3, -0.25) is 4.99 Å². The molecular formula is C21H33NS. The van der Waals surface area contributed by atoms with Crippen molar-refractivity contribution in [3.05, 3.63) is 33.2 Å². The van der Waals surface area contributed by atoms with E-state index in [1.54, 1.807) is 4.88 Å². The Bertz CT molecular complexity index is 579. The molecule has 0 aliphatic heterocycles. The van der Waals surface area contributed by atoms with Crippen LogP contribution in [-0.2, 0) is 0 Å². The van der Waals surface area contributed by atoms with Crippen LogP contribution >= 0.6 is 11.3 Å². The molecule has 0 atom stereocenters. The molecule has 0 unspecified atom stereocenters. The van der Waals surface area contributed by atoms with Gasteiger partial charge in [-0.25, -0.2) is 0 Å². The zero-order chi connectivity index (χ0) is 17.0. The molecule has 1 aliphatic rings. The second kappa shape index (κ2) is 7.79. The van der Waals surface area contributed by atoms with Crippen molar-refractivity contribution in [3.63, 3.8) is 0 Å². The maximum atomic E-state index is 4.81. The monoisotopic (exact) mass is 331 g/mol. The van der Waals surface area contributed by atoms with Crippen molar-refractivity contribution in [1.29, 1.82) is 0 Å². The summed E-state index contributed by atoms with van der Waals surface area (Å²) in [7, 11) is 0. The lowest BCUT2D eigenvalue weighted by Crippen LogP contribution is -2.19. The second-order valence-electron chi connectivity index (χ2n) is 7.89. The molecule has 0 aromatic carbocycles. The summed E-state index contributed by atoms with van der Waals surface area (Å²) < 4.78 is 0. The number of thiophene rings is 1. The van der Waals surface area contributed by atoms with Gasteiger partial charge >= 0.3 is 0 Å². The predicted molar refractivity (Wildman–Crippen MR) is 105 cm³/mol. The van der Waals surface area contributed by atoms with Crippen molar-refractivity contribution >= 4 is 17.0 Å². The number of hydrogen-bond donors (Lipinski definition) is 0. The molecule has 1 heterocycles. The van der Waals surface area contributed by atoms with Gasteiger partial charge in [0, 0.05) is 26.7 Å². The van der Waals surface area contributed by atoms with Crippen LogP contribution in [0.15, 0.2) is 22.8 Å². The molecule has 1 aromatic heterocycles. The average molecular weight is 332 g/mol. The third kappa shape index (κ3) is 5.04. The number of unbranched alkanes of at least 4 members (excludes halogenated alkanes) is 1. The van der Waals surface area contributed by atoms with E-state index in [4.69, 9.17) is 4.99 Å². The van der Waals surface area contributed by atoms with Gasteiger partial charge in [-0.2, -0.15) is 0 Å². The molecule has 128 valence electrons. The summed E-state index contributed by atoms with van der Waals surface area (Å²) in [6, 6.07) is 2.43. The van der Waals surface area contributed by atoms with Gasteiger partial charge in [-0.05, 0) is 70.3 Å². The fourth-order valence-corrected chi connectivity index (χ4v) is 4.72. The molecule has 1 aromatic rings. The minimum atomic E-state index is 0.546. The van der Waals surface area contributed by atoms with Crippen LogP contribution in [-0.4, -0.2) is 5.71 Å². The molecule has 0 N–H and O–H groups in total. The molecule has 2 heteroatoms. The first-order chi connectivity index (χ1) is 10.8.